The predicted octanol–water partition coefficient (Wildman–Crippen LogP) is 0.540. The summed E-state index contributed by atoms with van der Waals surface area (Å²) in [6.07, 6.45) is 3.55. The Labute approximate surface area is 108 Å². The summed E-state index contributed by atoms with van der Waals surface area (Å²) in [4.78, 5) is 25.3. The molecule has 0 radical (unpaired) electrons. The number of nitrogens with zero attached hydrogens (tertiary/aromatic N) is 1. The molecule has 2 rings (SSSR count). The minimum absolute atomic E-state index is 0.0101. The van der Waals surface area contributed by atoms with Crippen LogP contribution in [0.5, 0.6) is 0 Å². The van der Waals surface area contributed by atoms with E-state index in [1.54, 1.807) is 0 Å². The normalized spacial score (nSPS) is 28.3. The van der Waals surface area contributed by atoms with E-state index < -0.39 is 0 Å². The van der Waals surface area contributed by atoms with Gasteiger partial charge in [0, 0.05) is 32.7 Å². The lowest BCUT2D eigenvalue weighted by Gasteiger charge is -2.34. The second kappa shape index (κ2) is 6.18. The van der Waals surface area contributed by atoms with Crippen LogP contribution in [-0.2, 0) is 14.3 Å². The summed E-state index contributed by atoms with van der Waals surface area (Å²) in [5.74, 6) is -0.0651. The largest absolute Gasteiger partial charge is 0.376 e. The molecule has 0 aromatic rings. The summed E-state index contributed by atoms with van der Waals surface area (Å²) < 4.78 is 5.72. The molecule has 0 aromatic carbocycles. The first kappa shape index (κ1) is 13.3. The zero-order valence-corrected chi connectivity index (χ0v) is 11.0. The van der Waals surface area contributed by atoms with Gasteiger partial charge in [-0.2, -0.15) is 0 Å². The summed E-state index contributed by atoms with van der Waals surface area (Å²) in [6.45, 7) is 4.82. The highest BCUT2D eigenvalue weighted by Crippen LogP contribution is 2.19. The molecule has 2 heterocycles. The van der Waals surface area contributed by atoms with Crippen molar-refractivity contribution in [3.8, 4) is 0 Å². The van der Waals surface area contributed by atoms with Crippen molar-refractivity contribution in [2.75, 3.05) is 26.2 Å². The second-order valence-electron chi connectivity index (χ2n) is 5.12. The van der Waals surface area contributed by atoms with Crippen molar-refractivity contribution in [3.05, 3.63) is 0 Å². The van der Waals surface area contributed by atoms with E-state index in [4.69, 9.17) is 4.74 Å². The molecule has 5 nitrogen and oxygen atoms in total. The summed E-state index contributed by atoms with van der Waals surface area (Å²) in [5, 5.41) is 2.72. The van der Waals surface area contributed by atoms with Crippen molar-refractivity contribution in [1.82, 2.24) is 10.2 Å². The van der Waals surface area contributed by atoms with Crippen molar-refractivity contribution in [1.29, 1.82) is 0 Å². The van der Waals surface area contributed by atoms with Gasteiger partial charge in [-0.25, -0.2) is 0 Å². The molecule has 2 aliphatic rings. The number of hydrogen-bond acceptors (Lipinski definition) is 3. The van der Waals surface area contributed by atoms with Crippen LogP contribution >= 0.6 is 0 Å². The monoisotopic (exact) mass is 254 g/mol. The van der Waals surface area contributed by atoms with Crippen molar-refractivity contribution in [2.45, 2.75) is 38.7 Å². The van der Waals surface area contributed by atoms with E-state index in [2.05, 4.69) is 12.2 Å². The number of rotatable bonds is 4. The van der Waals surface area contributed by atoms with E-state index in [0.29, 0.717) is 19.5 Å². The van der Waals surface area contributed by atoms with Crippen molar-refractivity contribution in [3.63, 3.8) is 0 Å². The first-order valence-corrected chi connectivity index (χ1v) is 6.87. The third-order valence-corrected chi connectivity index (χ3v) is 3.57. The maximum atomic E-state index is 12.2. The number of carbonyl (C=O) groups excluding carboxylic acids is 2. The molecule has 5 heteroatoms. The van der Waals surface area contributed by atoms with Crippen LogP contribution in [0.15, 0.2) is 0 Å². The quantitative estimate of drug-likeness (QED) is 0.796. The fourth-order valence-corrected chi connectivity index (χ4v) is 2.60. The summed E-state index contributed by atoms with van der Waals surface area (Å²) in [7, 11) is 0. The molecule has 2 amide bonds. The number of hydrogen-bond donors (Lipinski definition) is 1. The molecule has 0 bridgehead atoms. The molecule has 0 saturated carbocycles. The molecule has 2 fully saturated rings. The highest BCUT2D eigenvalue weighted by Gasteiger charge is 2.33. The second-order valence-corrected chi connectivity index (χ2v) is 5.12. The van der Waals surface area contributed by atoms with E-state index >= 15 is 0 Å². The molecular formula is C13H22N2O3. The van der Waals surface area contributed by atoms with E-state index in [1.165, 1.54) is 0 Å². The Kier molecular flexibility index (Phi) is 4.58. The average molecular weight is 254 g/mol. The molecule has 0 aromatic heterocycles. The number of nitrogens with one attached hydrogen (secondary N) is 1. The van der Waals surface area contributed by atoms with Crippen LogP contribution in [0.4, 0.5) is 0 Å². The third kappa shape index (κ3) is 3.22. The lowest BCUT2D eigenvalue weighted by Crippen LogP contribution is -2.46. The molecule has 2 unspecified atom stereocenters. The third-order valence-electron chi connectivity index (χ3n) is 3.57. The molecule has 2 atom stereocenters. The molecule has 2 aliphatic heterocycles. The SMILES string of the molecule is CCCOC1CCCN(C(=O)C2CNC(=O)C2)C1. The van der Waals surface area contributed by atoms with E-state index in [9.17, 15) is 9.59 Å². The molecule has 0 spiro atoms. The van der Waals surface area contributed by atoms with Crippen LogP contribution in [0.2, 0.25) is 0 Å². The van der Waals surface area contributed by atoms with Gasteiger partial charge in [0.1, 0.15) is 0 Å². The van der Waals surface area contributed by atoms with Gasteiger partial charge in [-0.3, -0.25) is 9.59 Å². The van der Waals surface area contributed by atoms with Crippen LogP contribution in [0, 0.1) is 5.92 Å². The van der Waals surface area contributed by atoms with Crippen LogP contribution in [0.1, 0.15) is 32.6 Å². The Balaban J connectivity index is 1.84. The highest BCUT2D eigenvalue weighted by molar-refractivity contribution is 5.89. The Morgan fingerprint density at radius 2 is 2.39 bits per heavy atom. The van der Waals surface area contributed by atoms with Gasteiger partial charge in [-0.05, 0) is 19.3 Å². The Morgan fingerprint density at radius 1 is 1.56 bits per heavy atom. The molecule has 0 aliphatic carbocycles. The van der Waals surface area contributed by atoms with Gasteiger partial charge in [-0.15, -0.1) is 0 Å². The van der Waals surface area contributed by atoms with Gasteiger partial charge >= 0.3 is 0 Å². The number of carbonyl (C=O) groups is 2. The minimum Gasteiger partial charge on any atom is -0.376 e. The summed E-state index contributed by atoms with van der Waals surface area (Å²) in [6, 6.07) is 0. The predicted molar refractivity (Wildman–Crippen MR) is 67.0 cm³/mol. The molecule has 102 valence electrons. The Morgan fingerprint density at radius 3 is 3.06 bits per heavy atom. The summed E-state index contributed by atoms with van der Waals surface area (Å²) in [5.41, 5.74) is 0. The summed E-state index contributed by atoms with van der Waals surface area (Å²) >= 11 is 0. The lowest BCUT2D eigenvalue weighted by atomic mass is 10.0. The molecule has 2 saturated heterocycles. The molecule has 1 N–H and O–H groups in total. The number of piperidine rings is 1. The fourth-order valence-electron chi connectivity index (χ4n) is 2.60. The Bertz CT molecular complexity index is 319. The van der Waals surface area contributed by atoms with Gasteiger partial charge < -0.3 is 15.0 Å². The Hall–Kier alpha value is -1.10. The maximum absolute atomic E-state index is 12.2. The van der Waals surface area contributed by atoms with Crippen LogP contribution in [0.3, 0.4) is 0 Å². The van der Waals surface area contributed by atoms with Crippen molar-refractivity contribution >= 4 is 11.8 Å². The van der Waals surface area contributed by atoms with E-state index in [1.807, 2.05) is 4.90 Å². The topological polar surface area (TPSA) is 58.6 Å². The van der Waals surface area contributed by atoms with Crippen molar-refractivity contribution in [2.24, 2.45) is 5.92 Å². The van der Waals surface area contributed by atoms with Gasteiger partial charge in [-0.1, -0.05) is 6.92 Å². The maximum Gasteiger partial charge on any atom is 0.228 e. The first-order valence-electron chi connectivity index (χ1n) is 6.87. The number of likely N-dealkylation sites (tertiary alicyclic amines) is 1. The fraction of sp³-hybridized carbons (Fsp3) is 0.846. The van der Waals surface area contributed by atoms with E-state index in [-0.39, 0.29) is 23.8 Å². The zero-order valence-electron chi connectivity index (χ0n) is 11.0. The van der Waals surface area contributed by atoms with Crippen LogP contribution < -0.4 is 5.32 Å². The van der Waals surface area contributed by atoms with Crippen molar-refractivity contribution < 1.29 is 14.3 Å². The minimum atomic E-state index is -0.164. The van der Waals surface area contributed by atoms with Gasteiger partial charge in [0.15, 0.2) is 0 Å². The number of ether oxygens (including phenoxy) is 1. The molecular weight excluding hydrogens is 232 g/mol. The zero-order chi connectivity index (χ0) is 13.0. The smallest absolute Gasteiger partial charge is 0.228 e. The molecule has 18 heavy (non-hydrogen) atoms. The van der Waals surface area contributed by atoms with E-state index in [0.717, 1.165) is 32.4 Å². The van der Waals surface area contributed by atoms with Gasteiger partial charge in [0.2, 0.25) is 11.8 Å². The first-order chi connectivity index (χ1) is 8.70. The standard InChI is InChI=1S/C13H22N2O3/c1-2-6-18-11-4-3-5-15(9-11)13(17)10-7-12(16)14-8-10/h10-11H,2-9H2,1H3,(H,14,16). The number of amides is 2. The average Bonchev–Trinajstić information content (AvgIpc) is 2.82. The van der Waals surface area contributed by atoms with Crippen LogP contribution in [0.25, 0.3) is 0 Å². The van der Waals surface area contributed by atoms with Gasteiger partial charge in [0.25, 0.3) is 0 Å². The van der Waals surface area contributed by atoms with Crippen LogP contribution in [-0.4, -0.2) is 49.1 Å². The highest BCUT2D eigenvalue weighted by atomic mass is 16.5. The van der Waals surface area contributed by atoms with Gasteiger partial charge in [0.05, 0.1) is 12.0 Å². The lowest BCUT2D eigenvalue weighted by molar-refractivity contribution is -0.139.